The fraction of sp³-hybridized carbons (Fsp3) is 0.875. The third kappa shape index (κ3) is 1.89. The molecule has 0 aliphatic heterocycles. The SMILES string of the molecule is CCC(Cl)(C(=O)C1CC1)S(C)(=O)=O. The lowest BCUT2D eigenvalue weighted by Gasteiger charge is -2.21. The lowest BCUT2D eigenvalue weighted by Crippen LogP contribution is -2.40. The van der Waals surface area contributed by atoms with E-state index in [1.807, 2.05) is 0 Å². The number of hydrogen-bond acceptors (Lipinski definition) is 3. The van der Waals surface area contributed by atoms with E-state index in [4.69, 9.17) is 11.6 Å². The monoisotopic (exact) mass is 224 g/mol. The fourth-order valence-electron chi connectivity index (χ4n) is 1.27. The molecule has 0 bridgehead atoms. The summed E-state index contributed by atoms with van der Waals surface area (Å²) in [4.78, 5) is 11.6. The third-order valence-corrected chi connectivity index (χ3v) is 5.32. The van der Waals surface area contributed by atoms with Crippen LogP contribution in [0.3, 0.4) is 0 Å². The van der Waals surface area contributed by atoms with Gasteiger partial charge in [-0.25, -0.2) is 8.42 Å². The summed E-state index contributed by atoms with van der Waals surface area (Å²) in [6, 6.07) is 0. The Balaban J connectivity index is 2.99. The maximum atomic E-state index is 11.6. The van der Waals surface area contributed by atoms with Crippen LogP contribution in [0.5, 0.6) is 0 Å². The lowest BCUT2D eigenvalue weighted by atomic mass is 10.1. The molecule has 1 saturated carbocycles. The van der Waals surface area contributed by atoms with Gasteiger partial charge >= 0.3 is 0 Å². The van der Waals surface area contributed by atoms with E-state index < -0.39 is 14.0 Å². The van der Waals surface area contributed by atoms with Crippen molar-refractivity contribution < 1.29 is 13.2 Å². The van der Waals surface area contributed by atoms with Crippen LogP contribution in [-0.2, 0) is 14.6 Å². The maximum absolute atomic E-state index is 11.6. The van der Waals surface area contributed by atoms with Gasteiger partial charge in [0.15, 0.2) is 15.6 Å². The number of rotatable bonds is 4. The van der Waals surface area contributed by atoms with Crippen LogP contribution in [0.4, 0.5) is 0 Å². The molecule has 0 amide bonds. The average molecular weight is 225 g/mol. The van der Waals surface area contributed by atoms with Gasteiger partial charge in [-0.05, 0) is 19.3 Å². The zero-order valence-corrected chi connectivity index (χ0v) is 9.28. The van der Waals surface area contributed by atoms with E-state index in [0.717, 1.165) is 19.1 Å². The molecular formula is C8H13ClO3S. The molecule has 0 heterocycles. The molecule has 0 aromatic heterocycles. The van der Waals surface area contributed by atoms with Crippen LogP contribution in [0.15, 0.2) is 0 Å². The van der Waals surface area contributed by atoms with E-state index in [-0.39, 0.29) is 18.1 Å². The molecule has 0 aromatic carbocycles. The number of sulfone groups is 1. The molecule has 1 unspecified atom stereocenters. The summed E-state index contributed by atoms with van der Waals surface area (Å²) in [5.41, 5.74) is 0. The molecule has 0 radical (unpaired) electrons. The van der Waals surface area contributed by atoms with Crippen molar-refractivity contribution in [3.05, 3.63) is 0 Å². The summed E-state index contributed by atoms with van der Waals surface area (Å²) in [5.74, 6) is -0.439. The van der Waals surface area contributed by atoms with E-state index >= 15 is 0 Å². The van der Waals surface area contributed by atoms with Gasteiger partial charge in [0.25, 0.3) is 0 Å². The molecular weight excluding hydrogens is 212 g/mol. The van der Waals surface area contributed by atoms with Crippen molar-refractivity contribution in [2.45, 2.75) is 30.4 Å². The van der Waals surface area contributed by atoms with Crippen LogP contribution in [-0.4, -0.2) is 24.7 Å². The van der Waals surface area contributed by atoms with Gasteiger partial charge in [-0.15, -0.1) is 0 Å². The Bertz CT molecular complexity index is 318. The number of carbonyl (C=O) groups is 1. The number of ketones is 1. The van der Waals surface area contributed by atoms with Crippen LogP contribution >= 0.6 is 11.6 Å². The molecule has 1 aliphatic carbocycles. The first-order valence-electron chi connectivity index (χ1n) is 4.25. The summed E-state index contributed by atoms with van der Waals surface area (Å²) < 4.78 is 20.9. The Labute approximate surface area is 83.4 Å². The second kappa shape index (κ2) is 3.24. The Morgan fingerprint density at radius 3 is 2.23 bits per heavy atom. The molecule has 76 valence electrons. The zero-order chi connectivity index (χ0) is 10.3. The van der Waals surface area contributed by atoms with Crippen LogP contribution in [0.1, 0.15) is 26.2 Å². The normalized spacial score (nSPS) is 22.4. The molecule has 0 saturated heterocycles. The second-order valence-electron chi connectivity index (χ2n) is 3.49. The molecule has 0 spiro atoms. The first-order valence-corrected chi connectivity index (χ1v) is 6.52. The minimum atomic E-state index is -3.50. The fourth-order valence-corrected chi connectivity index (χ4v) is 2.48. The predicted octanol–water partition coefficient (Wildman–Crippen LogP) is 1.36. The lowest BCUT2D eigenvalue weighted by molar-refractivity contribution is -0.120. The Hall–Kier alpha value is -0.0900. The topological polar surface area (TPSA) is 51.2 Å². The highest BCUT2D eigenvalue weighted by Gasteiger charge is 2.50. The second-order valence-corrected chi connectivity index (χ2v) is 6.60. The highest BCUT2D eigenvalue weighted by atomic mass is 35.5. The van der Waals surface area contributed by atoms with Crippen molar-refractivity contribution in [2.24, 2.45) is 5.92 Å². The molecule has 1 atom stereocenters. The summed E-state index contributed by atoms with van der Waals surface area (Å²) in [7, 11) is -3.50. The van der Waals surface area contributed by atoms with E-state index in [9.17, 15) is 13.2 Å². The van der Waals surface area contributed by atoms with Crippen molar-refractivity contribution in [2.75, 3.05) is 6.26 Å². The van der Waals surface area contributed by atoms with Crippen molar-refractivity contribution in [1.29, 1.82) is 0 Å². The average Bonchev–Trinajstić information content (AvgIpc) is 2.81. The van der Waals surface area contributed by atoms with E-state index in [0.29, 0.717) is 0 Å². The molecule has 3 nitrogen and oxygen atoms in total. The number of hydrogen-bond donors (Lipinski definition) is 0. The Morgan fingerprint density at radius 2 is 2.00 bits per heavy atom. The molecule has 0 aromatic rings. The van der Waals surface area contributed by atoms with Gasteiger partial charge in [0.05, 0.1) is 0 Å². The smallest absolute Gasteiger partial charge is 0.202 e. The Morgan fingerprint density at radius 1 is 1.54 bits per heavy atom. The summed E-state index contributed by atoms with van der Waals surface area (Å²) >= 11 is 5.85. The maximum Gasteiger partial charge on any atom is 0.202 e. The van der Waals surface area contributed by atoms with E-state index in [1.165, 1.54) is 0 Å². The molecule has 0 N–H and O–H groups in total. The molecule has 1 aliphatic rings. The van der Waals surface area contributed by atoms with Gasteiger partial charge < -0.3 is 0 Å². The minimum absolute atomic E-state index is 0.118. The number of carbonyl (C=O) groups excluding carboxylic acids is 1. The van der Waals surface area contributed by atoms with Gasteiger partial charge in [-0.1, -0.05) is 18.5 Å². The van der Waals surface area contributed by atoms with Crippen molar-refractivity contribution >= 4 is 27.2 Å². The Kier molecular flexibility index (Phi) is 2.74. The summed E-state index contributed by atoms with van der Waals surface area (Å²) in [5, 5.41) is 0. The van der Waals surface area contributed by atoms with Crippen LogP contribution < -0.4 is 0 Å². The molecule has 1 fully saturated rings. The van der Waals surface area contributed by atoms with Crippen LogP contribution in [0, 0.1) is 5.92 Å². The van der Waals surface area contributed by atoms with Crippen molar-refractivity contribution in [3.8, 4) is 0 Å². The standard InChI is InChI=1S/C8H13ClO3S/c1-3-8(9,13(2,11)12)7(10)6-4-5-6/h6H,3-5H2,1-2H3. The first-order chi connectivity index (χ1) is 5.83. The van der Waals surface area contributed by atoms with Crippen LogP contribution in [0.2, 0.25) is 0 Å². The van der Waals surface area contributed by atoms with Crippen molar-refractivity contribution in [1.82, 2.24) is 0 Å². The third-order valence-electron chi connectivity index (χ3n) is 2.36. The van der Waals surface area contributed by atoms with E-state index in [2.05, 4.69) is 0 Å². The van der Waals surface area contributed by atoms with Gasteiger partial charge in [0.1, 0.15) is 0 Å². The molecule has 13 heavy (non-hydrogen) atoms. The molecule has 5 heteroatoms. The van der Waals surface area contributed by atoms with Gasteiger partial charge in [-0.2, -0.15) is 0 Å². The first kappa shape index (κ1) is 11.0. The van der Waals surface area contributed by atoms with Gasteiger partial charge in [0, 0.05) is 12.2 Å². The predicted molar refractivity (Wildman–Crippen MR) is 51.4 cm³/mol. The number of alkyl halides is 1. The zero-order valence-electron chi connectivity index (χ0n) is 7.71. The highest BCUT2D eigenvalue weighted by Crippen LogP contribution is 2.40. The van der Waals surface area contributed by atoms with Crippen molar-refractivity contribution in [3.63, 3.8) is 0 Å². The minimum Gasteiger partial charge on any atom is -0.296 e. The van der Waals surface area contributed by atoms with Gasteiger partial charge in [-0.3, -0.25) is 4.79 Å². The quantitative estimate of drug-likeness (QED) is 0.678. The summed E-state index contributed by atoms with van der Waals surface area (Å²) in [6.45, 7) is 1.62. The molecule has 1 rings (SSSR count). The van der Waals surface area contributed by atoms with E-state index in [1.54, 1.807) is 6.92 Å². The number of halogens is 1. The highest BCUT2D eigenvalue weighted by molar-refractivity contribution is 7.94. The summed E-state index contributed by atoms with van der Waals surface area (Å²) in [6.07, 6.45) is 2.72. The van der Waals surface area contributed by atoms with Gasteiger partial charge in [0.2, 0.25) is 4.21 Å². The largest absolute Gasteiger partial charge is 0.296 e. The number of Topliss-reactive ketones (excluding diaryl/α,β-unsaturated/α-hetero) is 1. The van der Waals surface area contributed by atoms with Crippen LogP contribution in [0.25, 0.3) is 0 Å².